The van der Waals surface area contributed by atoms with Crippen LogP contribution in [0, 0.1) is 6.92 Å². The Kier molecular flexibility index (Phi) is 4.92. The van der Waals surface area contributed by atoms with Crippen LogP contribution in [0.1, 0.15) is 25.1 Å². The van der Waals surface area contributed by atoms with Crippen molar-refractivity contribution in [1.82, 2.24) is 15.0 Å². The summed E-state index contributed by atoms with van der Waals surface area (Å²) in [5, 5.41) is 3.18. The molecule has 0 unspecified atom stereocenters. The Balaban J connectivity index is 2.06. The minimum Gasteiger partial charge on any atom is -0.481 e. The molecule has 0 aliphatic heterocycles. The summed E-state index contributed by atoms with van der Waals surface area (Å²) in [4.78, 5) is 12.8. The zero-order valence-electron chi connectivity index (χ0n) is 12.8. The number of methoxy groups -OCH3 is 1. The van der Waals surface area contributed by atoms with Crippen LogP contribution in [-0.4, -0.2) is 28.2 Å². The van der Waals surface area contributed by atoms with E-state index in [4.69, 9.17) is 9.47 Å². The van der Waals surface area contributed by atoms with Gasteiger partial charge >= 0.3 is 0 Å². The summed E-state index contributed by atoms with van der Waals surface area (Å²) in [7, 11) is 1.60. The Morgan fingerprint density at radius 1 is 1.19 bits per heavy atom. The van der Waals surface area contributed by atoms with Gasteiger partial charge in [-0.3, -0.25) is 0 Å². The molecule has 112 valence electrons. The van der Waals surface area contributed by atoms with Crippen molar-refractivity contribution in [3.8, 4) is 11.8 Å². The summed E-state index contributed by atoms with van der Waals surface area (Å²) >= 11 is 0. The van der Waals surface area contributed by atoms with E-state index in [1.165, 1.54) is 0 Å². The van der Waals surface area contributed by atoms with E-state index in [9.17, 15) is 0 Å². The van der Waals surface area contributed by atoms with Crippen molar-refractivity contribution in [3.05, 3.63) is 35.7 Å². The van der Waals surface area contributed by atoms with Gasteiger partial charge in [0.1, 0.15) is 0 Å². The monoisotopic (exact) mass is 288 g/mol. The van der Waals surface area contributed by atoms with Gasteiger partial charge in [-0.2, -0.15) is 4.98 Å². The molecule has 0 atom stereocenters. The molecule has 2 rings (SSSR count). The topological polar surface area (TPSA) is 69.2 Å². The molecular weight excluding hydrogens is 268 g/mol. The first kappa shape index (κ1) is 15.0. The summed E-state index contributed by atoms with van der Waals surface area (Å²) in [5.41, 5.74) is 1.90. The molecule has 21 heavy (non-hydrogen) atoms. The number of rotatable bonds is 6. The number of hydrogen-bond acceptors (Lipinski definition) is 6. The number of nitrogens with zero attached hydrogens (tertiary/aromatic N) is 3. The average Bonchev–Trinajstić information content (AvgIpc) is 2.44. The second-order valence-electron chi connectivity index (χ2n) is 4.90. The molecule has 1 N–H and O–H groups in total. The summed E-state index contributed by atoms with van der Waals surface area (Å²) in [6.07, 6.45) is 1.79. The Morgan fingerprint density at radius 3 is 2.71 bits per heavy atom. The number of pyridine rings is 1. The number of hydrogen-bond donors (Lipinski definition) is 1. The number of nitrogens with one attached hydrogen (secondary N) is 1. The smallest absolute Gasteiger partial charge is 0.226 e. The molecule has 0 spiro atoms. The second kappa shape index (κ2) is 6.88. The van der Waals surface area contributed by atoms with Crippen LogP contribution in [0.5, 0.6) is 11.8 Å². The van der Waals surface area contributed by atoms with Gasteiger partial charge in [0.2, 0.25) is 17.7 Å². The Morgan fingerprint density at radius 2 is 2.00 bits per heavy atom. The predicted molar refractivity (Wildman–Crippen MR) is 80.6 cm³/mol. The van der Waals surface area contributed by atoms with E-state index in [2.05, 4.69) is 20.3 Å². The third-order valence-corrected chi connectivity index (χ3v) is 2.65. The van der Waals surface area contributed by atoms with E-state index in [1.807, 2.05) is 39.0 Å². The zero-order valence-corrected chi connectivity index (χ0v) is 12.8. The molecule has 2 heterocycles. The van der Waals surface area contributed by atoms with Gasteiger partial charge < -0.3 is 14.8 Å². The quantitative estimate of drug-likeness (QED) is 0.881. The third-order valence-electron chi connectivity index (χ3n) is 2.65. The first-order valence-corrected chi connectivity index (χ1v) is 6.82. The van der Waals surface area contributed by atoms with E-state index in [0.717, 1.165) is 11.3 Å². The van der Waals surface area contributed by atoms with Gasteiger partial charge in [0.15, 0.2) is 0 Å². The van der Waals surface area contributed by atoms with Crippen LogP contribution in [0.25, 0.3) is 0 Å². The fourth-order valence-electron chi connectivity index (χ4n) is 1.77. The maximum atomic E-state index is 5.60. The molecule has 2 aromatic heterocycles. The van der Waals surface area contributed by atoms with Gasteiger partial charge in [0.05, 0.1) is 13.2 Å². The van der Waals surface area contributed by atoms with E-state index < -0.39 is 0 Å². The van der Waals surface area contributed by atoms with Crippen molar-refractivity contribution < 1.29 is 9.47 Å². The molecule has 6 nitrogen and oxygen atoms in total. The maximum Gasteiger partial charge on any atom is 0.226 e. The lowest BCUT2D eigenvalue weighted by molar-refractivity contribution is 0.232. The minimum absolute atomic E-state index is 0.0802. The van der Waals surface area contributed by atoms with Crippen molar-refractivity contribution in [2.75, 3.05) is 12.4 Å². The molecule has 0 aliphatic rings. The van der Waals surface area contributed by atoms with Gasteiger partial charge in [0.25, 0.3) is 0 Å². The SMILES string of the molecule is COc1cc(CNc2nc(C)cc(OC(C)C)n2)ccn1. The highest BCUT2D eigenvalue weighted by Gasteiger charge is 2.05. The number of aromatic nitrogens is 3. The van der Waals surface area contributed by atoms with E-state index in [1.54, 1.807) is 13.3 Å². The number of aryl methyl sites for hydroxylation is 1. The Labute approximate surface area is 124 Å². The maximum absolute atomic E-state index is 5.60. The molecular formula is C15H20N4O2. The summed E-state index contributed by atoms with van der Waals surface area (Å²) in [6.45, 7) is 6.43. The molecule has 0 aromatic carbocycles. The predicted octanol–water partition coefficient (Wildman–Crippen LogP) is 2.59. The van der Waals surface area contributed by atoms with Gasteiger partial charge in [0, 0.05) is 30.6 Å². The molecule has 0 amide bonds. The highest BCUT2D eigenvalue weighted by molar-refractivity contribution is 5.33. The van der Waals surface area contributed by atoms with Crippen LogP contribution < -0.4 is 14.8 Å². The van der Waals surface area contributed by atoms with Crippen molar-refractivity contribution in [3.63, 3.8) is 0 Å². The van der Waals surface area contributed by atoms with Crippen LogP contribution in [0.4, 0.5) is 5.95 Å². The second-order valence-corrected chi connectivity index (χ2v) is 4.90. The average molecular weight is 288 g/mol. The lowest BCUT2D eigenvalue weighted by atomic mass is 10.2. The van der Waals surface area contributed by atoms with Crippen LogP contribution in [-0.2, 0) is 6.54 Å². The fourth-order valence-corrected chi connectivity index (χ4v) is 1.77. The number of anilines is 1. The molecule has 2 aromatic rings. The summed E-state index contributed by atoms with van der Waals surface area (Å²) < 4.78 is 10.7. The van der Waals surface area contributed by atoms with E-state index in [-0.39, 0.29) is 6.10 Å². The van der Waals surface area contributed by atoms with Crippen LogP contribution in [0.2, 0.25) is 0 Å². The highest BCUT2D eigenvalue weighted by Crippen LogP contribution is 2.15. The third kappa shape index (κ3) is 4.59. The molecule has 0 bridgehead atoms. The van der Waals surface area contributed by atoms with Gasteiger partial charge in [-0.25, -0.2) is 9.97 Å². The molecule has 0 aliphatic carbocycles. The normalized spacial score (nSPS) is 10.5. The van der Waals surface area contributed by atoms with Gasteiger partial charge in [-0.1, -0.05) is 0 Å². The molecule has 0 radical (unpaired) electrons. The Hall–Kier alpha value is -2.37. The lowest BCUT2D eigenvalue weighted by Crippen LogP contribution is -2.10. The Bertz CT molecular complexity index is 602. The molecule has 0 fully saturated rings. The van der Waals surface area contributed by atoms with Gasteiger partial charge in [-0.15, -0.1) is 0 Å². The van der Waals surface area contributed by atoms with Crippen molar-refractivity contribution >= 4 is 5.95 Å². The fraction of sp³-hybridized carbons (Fsp3) is 0.400. The van der Waals surface area contributed by atoms with Crippen molar-refractivity contribution in [1.29, 1.82) is 0 Å². The minimum atomic E-state index is 0.0802. The van der Waals surface area contributed by atoms with Crippen molar-refractivity contribution in [2.45, 2.75) is 33.4 Å². The molecule has 0 saturated heterocycles. The van der Waals surface area contributed by atoms with Crippen LogP contribution >= 0.6 is 0 Å². The van der Waals surface area contributed by atoms with Gasteiger partial charge in [-0.05, 0) is 32.4 Å². The molecule has 6 heteroatoms. The first-order valence-electron chi connectivity index (χ1n) is 6.82. The standard InChI is InChI=1S/C15H20N4O2/c1-10(2)21-14-7-11(3)18-15(19-14)17-9-12-5-6-16-13(8-12)20-4/h5-8,10H,9H2,1-4H3,(H,17,18,19). The van der Waals surface area contributed by atoms with E-state index >= 15 is 0 Å². The summed E-state index contributed by atoms with van der Waals surface area (Å²) in [6, 6.07) is 5.60. The van der Waals surface area contributed by atoms with Crippen LogP contribution in [0.3, 0.4) is 0 Å². The molecule has 0 saturated carbocycles. The first-order chi connectivity index (χ1) is 10.1. The zero-order chi connectivity index (χ0) is 15.2. The van der Waals surface area contributed by atoms with Crippen molar-refractivity contribution in [2.24, 2.45) is 0 Å². The van der Waals surface area contributed by atoms with Crippen LogP contribution in [0.15, 0.2) is 24.4 Å². The largest absolute Gasteiger partial charge is 0.481 e. The lowest BCUT2D eigenvalue weighted by Gasteiger charge is -2.11. The number of ether oxygens (including phenoxy) is 2. The van der Waals surface area contributed by atoms with E-state index in [0.29, 0.717) is 24.3 Å². The summed E-state index contributed by atoms with van der Waals surface area (Å²) in [5.74, 6) is 1.71. The highest BCUT2D eigenvalue weighted by atomic mass is 16.5.